The fraction of sp³-hybridized carbons (Fsp3) is 0.963. The molecule has 208 valence electrons. The van der Waals surface area contributed by atoms with E-state index in [0.29, 0.717) is 53.4 Å². The van der Waals surface area contributed by atoms with Crippen molar-refractivity contribution in [2.75, 3.05) is 13.4 Å². The van der Waals surface area contributed by atoms with E-state index in [4.69, 9.17) is 19.3 Å². The maximum Gasteiger partial charge on any atom is 0.472 e. The van der Waals surface area contributed by atoms with Gasteiger partial charge in [-0.3, -0.25) is 4.79 Å². The van der Waals surface area contributed by atoms with Gasteiger partial charge in [0.25, 0.3) is 0 Å². The van der Waals surface area contributed by atoms with Gasteiger partial charge in [-0.2, -0.15) is 0 Å². The third-order valence-corrected chi connectivity index (χ3v) is 11.5. The van der Waals surface area contributed by atoms with E-state index in [1.54, 1.807) is 0 Å². The number of carbonyl (C=O) groups is 1. The van der Waals surface area contributed by atoms with Gasteiger partial charge in [-0.05, 0) is 111 Å². The Bertz CT molecular complexity index is 831. The number of carbonyl (C=O) groups excluding carboxylic acids is 1. The summed E-state index contributed by atoms with van der Waals surface area (Å²) in [5.41, 5.74) is 0.460. The molecule has 0 heterocycles. The highest BCUT2D eigenvalue weighted by atomic mass is 31.2. The Hall–Kier alpha value is -0.500. The van der Waals surface area contributed by atoms with Crippen LogP contribution in [0.25, 0.3) is 0 Å². The normalized spacial score (nSPS) is 43.2. The molecule has 0 spiro atoms. The Kier molecular flexibility index (Phi) is 8.66. The molecular weight excluding hydrogens is 483 g/mol. The molecule has 10 unspecified atom stereocenters. The van der Waals surface area contributed by atoms with Crippen LogP contribution in [0.5, 0.6) is 0 Å². The smallest absolute Gasteiger partial charge is 0.438 e. The van der Waals surface area contributed by atoms with Crippen molar-refractivity contribution >= 4 is 13.8 Å². The number of phosphoric ester groups is 1. The van der Waals surface area contributed by atoms with Crippen molar-refractivity contribution in [1.29, 1.82) is 0 Å². The fourth-order valence-electron chi connectivity index (χ4n) is 9.33. The molecule has 0 aromatic heterocycles. The largest absolute Gasteiger partial charge is 0.472 e. The zero-order valence-electron chi connectivity index (χ0n) is 22.4. The van der Waals surface area contributed by atoms with Gasteiger partial charge >= 0.3 is 13.8 Å². The van der Waals surface area contributed by atoms with Gasteiger partial charge in [-0.1, -0.05) is 20.8 Å². The van der Waals surface area contributed by atoms with Crippen molar-refractivity contribution in [3.05, 3.63) is 0 Å². The van der Waals surface area contributed by atoms with Crippen molar-refractivity contribution in [2.24, 2.45) is 46.3 Å². The number of phosphoric acid groups is 1. The monoisotopic (exact) mass is 530 g/mol. The standard InChI is InChI=1S/C27H47O8P/c1-5-33-19-10-12-26(3)18(14-19)15-23(28)25-21-8-7-20(27(21,4)13-11-22(25)26)17(2)6-9-24(29)34-16-35-36(30,31)32/h17-23,25,28H,5-16H2,1-4H3,(H2,30,31,32). The van der Waals surface area contributed by atoms with E-state index in [0.717, 1.165) is 38.7 Å². The van der Waals surface area contributed by atoms with Crippen LogP contribution in [0.1, 0.15) is 91.9 Å². The number of aliphatic hydroxyl groups is 1. The summed E-state index contributed by atoms with van der Waals surface area (Å²) in [6.45, 7) is 9.26. The van der Waals surface area contributed by atoms with E-state index in [9.17, 15) is 14.5 Å². The molecule has 36 heavy (non-hydrogen) atoms. The van der Waals surface area contributed by atoms with Crippen molar-refractivity contribution < 1.29 is 38.3 Å². The summed E-state index contributed by atoms with van der Waals surface area (Å²) in [5.74, 6) is 2.32. The summed E-state index contributed by atoms with van der Waals surface area (Å²) in [6.07, 6.45) is 9.93. The maximum absolute atomic E-state index is 12.1. The second-order valence-corrected chi connectivity index (χ2v) is 13.9. The molecule has 10 atom stereocenters. The number of aliphatic hydroxyl groups excluding tert-OH is 1. The molecule has 4 aliphatic carbocycles. The van der Waals surface area contributed by atoms with Crippen LogP contribution in [-0.2, 0) is 23.4 Å². The number of hydrogen-bond donors (Lipinski definition) is 3. The zero-order valence-corrected chi connectivity index (χ0v) is 23.3. The van der Waals surface area contributed by atoms with Crippen LogP contribution in [0.4, 0.5) is 0 Å². The van der Waals surface area contributed by atoms with Crippen molar-refractivity contribution in [3.63, 3.8) is 0 Å². The lowest BCUT2D eigenvalue weighted by Gasteiger charge is -2.62. The minimum absolute atomic E-state index is 0.167. The van der Waals surface area contributed by atoms with E-state index in [2.05, 4.69) is 32.2 Å². The highest BCUT2D eigenvalue weighted by Gasteiger charge is 2.62. The molecule has 0 aromatic rings. The van der Waals surface area contributed by atoms with E-state index >= 15 is 0 Å². The fourth-order valence-corrected chi connectivity index (χ4v) is 9.52. The van der Waals surface area contributed by atoms with Crippen molar-refractivity contribution in [1.82, 2.24) is 0 Å². The lowest BCUT2D eigenvalue weighted by Crippen LogP contribution is -2.58. The van der Waals surface area contributed by atoms with Gasteiger partial charge in [0.05, 0.1) is 12.2 Å². The van der Waals surface area contributed by atoms with Gasteiger partial charge in [0, 0.05) is 13.0 Å². The van der Waals surface area contributed by atoms with Gasteiger partial charge in [0.2, 0.25) is 6.79 Å². The number of fused-ring (bicyclic) bond motifs is 5. The summed E-state index contributed by atoms with van der Waals surface area (Å²) in [7, 11) is -4.64. The number of esters is 1. The summed E-state index contributed by atoms with van der Waals surface area (Å²) in [6, 6.07) is 0. The van der Waals surface area contributed by atoms with Crippen molar-refractivity contribution in [3.8, 4) is 0 Å². The van der Waals surface area contributed by atoms with E-state index in [-0.39, 0.29) is 17.9 Å². The van der Waals surface area contributed by atoms with Crippen LogP contribution in [0, 0.1) is 46.3 Å². The highest BCUT2D eigenvalue weighted by molar-refractivity contribution is 7.46. The van der Waals surface area contributed by atoms with Crippen LogP contribution in [0.2, 0.25) is 0 Å². The lowest BCUT2D eigenvalue weighted by atomic mass is 9.43. The number of hydrogen-bond acceptors (Lipinski definition) is 6. The SMILES string of the molecule is CCOC1CCC2(C)C(C1)CC(O)C1C2CCC2(C)C(C(C)CCC(=O)OCOP(=O)(O)O)CCC12. The molecule has 8 nitrogen and oxygen atoms in total. The average molecular weight is 531 g/mol. The molecule has 4 aliphatic rings. The first-order valence-corrected chi connectivity index (χ1v) is 15.6. The minimum Gasteiger partial charge on any atom is -0.438 e. The zero-order chi connectivity index (χ0) is 26.3. The lowest BCUT2D eigenvalue weighted by molar-refractivity contribution is -0.178. The number of rotatable bonds is 9. The third-order valence-electron chi connectivity index (χ3n) is 11.0. The molecule has 4 saturated carbocycles. The molecule has 0 saturated heterocycles. The van der Waals surface area contributed by atoms with Gasteiger partial charge in [0.15, 0.2) is 0 Å². The summed E-state index contributed by atoms with van der Waals surface area (Å²) < 4.78 is 25.8. The Morgan fingerprint density at radius 1 is 1.06 bits per heavy atom. The average Bonchev–Trinajstić information content (AvgIpc) is 3.15. The Labute approximate surface area is 216 Å². The third kappa shape index (κ3) is 5.60. The maximum atomic E-state index is 12.1. The van der Waals surface area contributed by atoms with E-state index < -0.39 is 20.6 Å². The van der Waals surface area contributed by atoms with Crippen LogP contribution >= 0.6 is 7.82 Å². The first kappa shape index (κ1) is 28.5. The predicted molar refractivity (Wildman–Crippen MR) is 135 cm³/mol. The molecular formula is C27H47O8P. The number of ether oxygens (including phenoxy) is 2. The van der Waals surface area contributed by atoms with Gasteiger partial charge in [-0.25, -0.2) is 9.09 Å². The molecule has 0 bridgehead atoms. The first-order chi connectivity index (χ1) is 16.9. The molecule has 3 N–H and O–H groups in total. The highest BCUT2D eigenvalue weighted by Crippen LogP contribution is 2.68. The second-order valence-electron chi connectivity index (χ2n) is 12.6. The summed E-state index contributed by atoms with van der Waals surface area (Å²) in [4.78, 5) is 29.5. The molecule has 0 radical (unpaired) electrons. The molecule has 9 heteroatoms. The molecule has 4 rings (SSSR count). The minimum atomic E-state index is -4.64. The second kappa shape index (κ2) is 10.9. The summed E-state index contributed by atoms with van der Waals surface area (Å²) in [5, 5.41) is 11.5. The van der Waals surface area contributed by atoms with Crippen molar-refractivity contribution in [2.45, 2.75) is 104 Å². The van der Waals surface area contributed by atoms with Crippen LogP contribution in [-0.4, -0.2) is 46.5 Å². The molecule has 0 aromatic carbocycles. The Morgan fingerprint density at radius 3 is 2.44 bits per heavy atom. The predicted octanol–water partition coefficient (Wildman–Crippen LogP) is 5.05. The molecule has 0 amide bonds. The van der Waals surface area contributed by atoms with Crippen LogP contribution in [0.3, 0.4) is 0 Å². The summed E-state index contributed by atoms with van der Waals surface area (Å²) >= 11 is 0. The topological polar surface area (TPSA) is 123 Å². The van der Waals surface area contributed by atoms with Gasteiger partial charge < -0.3 is 24.4 Å². The molecule has 0 aliphatic heterocycles. The van der Waals surface area contributed by atoms with Gasteiger partial charge in [0.1, 0.15) is 0 Å². The Morgan fingerprint density at radius 2 is 1.75 bits per heavy atom. The van der Waals surface area contributed by atoms with Crippen LogP contribution < -0.4 is 0 Å². The quantitative estimate of drug-likeness (QED) is 0.215. The van der Waals surface area contributed by atoms with E-state index in [1.807, 2.05) is 0 Å². The van der Waals surface area contributed by atoms with E-state index in [1.165, 1.54) is 19.3 Å². The first-order valence-electron chi connectivity index (χ1n) is 14.0. The Balaban J connectivity index is 1.38. The molecule has 4 fully saturated rings. The van der Waals surface area contributed by atoms with Gasteiger partial charge in [-0.15, -0.1) is 0 Å². The van der Waals surface area contributed by atoms with Crippen LogP contribution in [0.15, 0.2) is 0 Å².